The Labute approximate surface area is 217 Å². The summed E-state index contributed by atoms with van der Waals surface area (Å²) in [5.74, 6) is -0.569. The number of carbonyl (C=O) groups is 3. The van der Waals surface area contributed by atoms with Crippen LogP contribution in [-0.2, 0) is 19.7 Å². The monoisotopic (exact) mass is 531 g/mol. The molecule has 1 aromatic carbocycles. The third kappa shape index (κ3) is 7.07. The molecule has 0 radical (unpaired) electrons. The number of benzene rings is 1. The van der Waals surface area contributed by atoms with Gasteiger partial charge in [-0.05, 0) is 43.5 Å². The molecule has 10 nitrogen and oxygen atoms in total. The molecule has 2 aliphatic heterocycles. The van der Waals surface area contributed by atoms with Crippen LogP contribution in [0, 0.1) is 0 Å². The Morgan fingerprint density at radius 3 is 2.00 bits per heavy atom. The largest absolute Gasteiger partial charge is 0.439 e. The molecule has 1 N–H and O–H groups in total. The highest BCUT2D eigenvalue weighted by atomic mass is 32.2. The number of nitrogens with zero attached hydrogens (tertiary/aromatic N) is 3. The standard InChI is InChI=1S/C26H33N3O7S/c1-3-5-16-28-24(30)20(25(31)29(26(28)32)17-6-4-2)12-7-10-15-23-27(18-11-19-37(33,34)35)21-13-8-9-14-22(21)36-23/h7-10,12-15H,3-6,11,16-19H2,1-2H3,(H,33,34,35)/b10-7+,23-15-. The van der Waals surface area contributed by atoms with Crippen molar-refractivity contribution in [3.05, 3.63) is 60.0 Å². The number of unbranched alkanes of at least 4 members (excludes halogenated alkanes) is 2. The molecule has 0 atom stereocenters. The predicted octanol–water partition coefficient (Wildman–Crippen LogP) is 3.88. The Kier molecular flexibility index (Phi) is 9.65. The number of urea groups is 1. The molecule has 4 amide bonds. The van der Waals surface area contributed by atoms with E-state index in [1.165, 1.54) is 12.2 Å². The molecular weight excluding hydrogens is 498 g/mol. The molecule has 11 heteroatoms. The van der Waals surface area contributed by atoms with E-state index in [1.54, 1.807) is 23.1 Å². The van der Waals surface area contributed by atoms with Crippen molar-refractivity contribution < 1.29 is 32.1 Å². The van der Waals surface area contributed by atoms with Crippen LogP contribution in [-0.4, -0.2) is 66.0 Å². The Hall–Kier alpha value is -3.44. The van der Waals surface area contributed by atoms with Crippen molar-refractivity contribution in [2.24, 2.45) is 0 Å². The van der Waals surface area contributed by atoms with E-state index < -0.39 is 28.0 Å². The second kappa shape index (κ2) is 12.7. The lowest BCUT2D eigenvalue weighted by molar-refractivity contribution is -0.136. The number of imide groups is 2. The number of allylic oxidation sites excluding steroid dienone is 4. The fourth-order valence-corrected chi connectivity index (χ4v) is 4.47. The van der Waals surface area contributed by atoms with Gasteiger partial charge >= 0.3 is 6.03 Å². The highest BCUT2D eigenvalue weighted by Gasteiger charge is 2.40. The lowest BCUT2D eigenvalue weighted by atomic mass is 10.1. The Morgan fingerprint density at radius 1 is 0.838 bits per heavy atom. The molecule has 2 heterocycles. The molecule has 2 aliphatic rings. The first-order valence-corrected chi connectivity index (χ1v) is 14.0. The molecule has 3 rings (SSSR count). The maximum atomic E-state index is 13.0. The third-order valence-corrected chi connectivity index (χ3v) is 6.72. The fourth-order valence-electron chi connectivity index (χ4n) is 3.97. The molecule has 0 bridgehead atoms. The van der Waals surface area contributed by atoms with Crippen molar-refractivity contribution in [1.82, 2.24) is 9.80 Å². The molecule has 0 aromatic heterocycles. The van der Waals surface area contributed by atoms with Gasteiger partial charge in [-0.15, -0.1) is 0 Å². The Balaban J connectivity index is 1.81. The molecule has 37 heavy (non-hydrogen) atoms. The Bertz CT molecular complexity index is 1190. The molecule has 1 fully saturated rings. The number of para-hydroxylation sites is 2. The zero-order valence-corrected chi connectivity index (χ0v) is 21.9. The number of anilines is 1. The molecule has 0 saturated carbocycles. The number of carbonyl (C=O) groups excluding carboxylic acids is 3. The number of hydrogen-bond donors (Lipinski definition) is 1. The van der Waals surface area contributed by atoms with Gasteiger partial charge in [0.2, 0.25) is 5.88 Å². The average Bonchev–Trinajstić information content (AvgIpc) is 3.20. The summed E-state index contributed by atoms with van der Waals surface area (Å²) >= 11 is 0. The Morgan fingerprint density at radius 2 is 1.41 bits per heavy atom. The van der Waals surface area contributed by atoms with Crippen molar-refractivity contribution in [2.45, 2.75) is 46.0 Å². The minimum absolute atomic E-state index is 0.0814. The molecule has 0 unspecified atom stereocenters. The van der Waals surface area contributed by atoms with E-state index >= 15 is 0 Å². The summed E-state index contributed by atoms with van der Waals surface area (Å²) in [6.07, 6.45) is 9.25. The maximum Gasteiger partial charge on any atom is 0.333 e. The van der Waals surface area contributed by atoms with Gasteiger partial charge in [0.1, 0.15) is 5.57 Å². The third-order valence-electron chi connectivity index (χ3n) is 5.92. The van der Waals surface area contributed by atoms with Gasteiger partial charge in [-0.25, -0.2) is 4.79 Å². The van der Waals surface area contributed by atoms with Crippen LogP contribution >= 0.6 is 0 Å². The van der Waals surface area contributed by atoms with Gasteiger partial charge in [0.05, 0.1) is 11.4 Å². The van der Waals surface area contributed by atoms with Crippen molar-refractivity contribution in [1.29, 1.82) is 0 Å². The van der Waals surface area contributed by atoms with Crippen LogP contribution in [0.3, 0.4) is 0 Å². The number of barbiturate groups is 1. The summed E-state index contributed by atoms with van der Waals surface area (Å²) in [5.41, 5.74) is 0.673. The van der Waals surface area contributed by atoms with Gasteiger partial charge < -0.3 is 9.64 Å². The highest BCUT2D eigenvalue weighted by molar-refractivity contribution is 7.85. The number of ether oxygens (including phenoxy) is 1. The van der Waals surface area contributed by atoms with Crippen molar-refractivity contribution in [3.8, 4) is 5.75 Å². The van der Waals surface area contributed by atoms with Crippen molar-refractivity contribution >= 4 is 33.7 Å². The summed E-state index contributed by atoms with van der Waals surface area (Å²) in [5, 5.41) is 0. The van der Waals surface area contributed by atoms with Crippen LogP contribution < -0.4 is 9.64 Å². The summed E-state index contributed by atoms with van der Waals surface area (Å²) in [6, 6.07) is 6.69. The summed E-state index contributed by atoms with van der Waals surface area (Å²) in [7, 11) is -4.08. The first-order chi connectivity index (χ1) is 17.7. The maximum absolute atomic E-state index is 13.0. The SMILES string of the molecule is CCCCN1C(=O)C(=C/C=C/C=C2\Oc3ccccc3N2CCCS(=O)(=O)O)C(=O)N(CCCC)C1=O. The quantitative estimate of drug-likeness (QED) is 0.245. The summed E-state index contributed by atoms with van der Waals surface area (Å²) in [6.45, 7) is 4.71. The van der Waals surface area contributed by atoms with Crippen LogP contribution in [0.5, 0.6) is 5.75 Å². The molecule has 200 valence electrons. The zero-order valence-electron chi connectivity index (χ0n) is 21.1. The smallest absolute Gasteiger partial charge is 0.333 e. The number of fused-ring (bicyclic) bond motifs is 1. The summed E-state index contributed by atoms with van der Waals surface area (Å²) in [4.78, 5) is 42.7. The van der Waals surface area contributed by atoms with Gasteiger partial charge in [-0.1, -0.05) is 51.0 Å². The van der Waals surface area contributed by atoms with E-state index in [9.17, 15) is 22.8 Å². The summed E-state index contributed by atoms with van der Waals surface area (Å²) < 4.78 is 37.2. The molecule has 0 aliphatic carbocycles. The molecule has 1 aromatic rings. The predicted molar refractivity (Wildman–Crippen MR) is 139 cm³/mol. The van der Waals surface area contributed by atoms with Crippen LogP contribution in [0.1, 0.15) is 46.0 Å². The van der Waals surface area contributed by atoms with Crippen LogP contribution in [0.15, 0.2) is 60.0 Å². The lowest BCUT2D eigenvalue weighted by Gasteiger charge is -2.33. The van der Waals surface area contributed by atoms with E-state index in [4.69, 9.17) is 9.29 Å². The van der Waals surface area contributed by atoms with Crippen molar-refractivity contribution in [3.63, 3.8) is 0 Å². The van der Waals surface area contributed by atoms with E-state index in [2.05, 4.69) is 0 Å². The minimum atomic E-state index is -4.08. The van der Waals surface area contributed by atoms with Gasteiger partial charge in [0.25, 0.3) is 21.9 Å². The van der Waals surface area contributed by atoms with E-state index in [1.807, 2.05) is 32.0 Å². The zero-order chi connectivity index (χ0) is 27.0. The minimum Gasteiger partial charge on any atom is -0.439 e. The van der Waals surface area contributed by atoms with Crippen LogP contribution in [0.2, 0.25) is 0 Å². The molecular formula is C26H33N3O7S. The fraction of sp³-hybridized carbons (Fsp3) is 0.423. The second-order valence-corrected chi connectivity index (χ2v) is 10.3. The highest BCUT2D eigenvalue weighted by Crippen LogP contribution is 2.38. The number of rotatable bonds is 12. The van der Waals surface area contributed by atoms with Gasteiger partial charge in [-0.2, -0.15) is 8.42 Å². The van der Waals surface area contributed by atoms with E-state index in [0.717, 1.165) is 28.3 Å². The van der Waals surface area contributed by atoms with Crippen molar-refractivity contribution in [2.75, 3.05) is 30.3 Å². The first kappa shape index (κ1) is 28.1. The first-order valence-electron chi connectivity index (χ1n) is 12.4. The average molecular weight is 532 g/mol. The number of hydrogen-bond acceptors (Lipinski definition) is 7. The van der Waals surface area contributed by atoms with E-state index in [0.29, 0.717) is 24.5 Å². The van der Waals surface area contributed by atoms with Gasteiger partial charge in [0, 0.05) is 19.6 Å². The van der Waals surface area contributed by atoms with E-state index in [-0.39, 0.29) is 37.4 Å². The van der Waals surface area contributed by atoms with Crippen LogP contribution in [0.25, 0.3) is 0 Å². The lowest BCUT2D eigenvalue weighted by Crippen LogP contribution is -2.56. The topological polar surface area (TPSA) is 125 Å². The number of amides is 4. The van der Waals surface area contributed by atoms with Gasteiger partial charge in [-0.3, -0.25) is 23.9 Å². The van der Waals surface area contributed by atoms with Crippen LogP contribution in [0.4, 0.5) is 10.5 Å². The normalized spacial score (nSPS) is 17.3. The van der Waals surface area contributed by atoms with Gasteiger partial charge in [0.15, 0.2) is 5.75 Å². The molecule has 1 saturated heterocycles. The molecule has 0 spiro atoms. The second-order valence-electron chi connectivity index (χ2n) is 8.73.